The third kappa shape index (κ3) is 4.35. The minimum Gasteiger partial charge on any atom is -0.356 e. The molecule has 1 saturated carbocycles. The van der Waals surface area contributed by atoms with Crippen LogP contribution < -0.4 is 10.6 Å². The molecule has 0 atom stereocenters. The van der Waals surface area contributed by atoms with E-state index in [1.54, 1.807) is 0 Å². The zero-order chi connectivity index (χ0) is 13.9. The maximum absolute atomic E-state index is 4.26. The highest BCUT2D eigenvalue weighted by Gasteiger charge is 2.45. The van der Waals surface area contributed by atoms with Gasteiger partial charge in [-0.15, -0.1) is 24.0 Å². The number of guanidine groups is 1. The van der Waals surface area contributed by atoms with Crippen molar-refractivity contribution < 1.29 is 0 Å². The molecule has 0 saturated heterocycles. The molecule has 112 valence electrons. The Labute approximate surface area is 147 Å². The van der Waals surface area contributed by atoms with Gasteiger partial charge in [-0.2, -0.15) is 0 Å². The molecule has 3 nitrogen and oxygen atoms in total. The van der Waals surface area contributed by atoms with Gasteiger partial charge in [-0.3, -0.25) is 4.99 Å². The van der Waals surface area contributed by atoms with Gasteiger partial charge in [-0.05, 0) is 38.3 Å². The first kappa shape index (κ1) is 17.8. The molecular weight excluding hydrogens is 429 g/mol. The number of rotatable bonds is 4. The number of halogens is 2. The third-order valence-electron chi connectivity index (χ3n) is 3.54. The average Bonchev–Trinajstić information content (AvgIpc) is 3.15. The standard InChI is InChI=1S/C15H22BrN3.HI/c1-11(2)19-14(17-3)18-10-15(8-9-15)12-6-4-5-7-13(12)16;/h4-7,11H,8-10H2,1-3H3,(H2,17,18,19);1H. The fourth-order valence-corrected chi connectivity index (χ4v) is 3.01. The lowest BCUT2D eigenvalue weighted by Gasteiger charge is -2.21. The molecule has 0 aliphatic heterocycles. The number of aliphatic imine (C=N–C) groups is 1. The van der Waals surface area contributed by atoms with Crippen molar-refractivity contribution in [3.05, 3.63) is 34.3 Å². The van der Waals surface area contributed by atoms with Gasteiger partial charge in [-0.25, -0.2) is 0 Å². The molecule has 1 aliphatic carbocycles. The molecule has 2 rings (SSSR count). The van der Waals surface area contributed by atoms with Gasteiger partial charge in [-0.1, -0.05) is 34.1 Å². The van der Waals surface area contributed by atoms with Crippen molar-refractivity contribution in [1.82, 2.24) is 10.6 Å². The van der Waals surface area contributed by atoms with Gasteiger partial charge in [0.15, 0.2) is 5.96 Å². The SMILES string of the molecule is CN=C(NCC1(c2ccccc2Br)CC1)NC(C)C.I. The Morgan fingerprint density at radius 2 is 2.00 bits per heavy atom. The molecule has 0 heterocycles. The first-order valence-corrected chi connectivity index (χ1v) is 7.59. The second-order valence-corrected chi connectivity index (χ2v) is 6.34. The van der Waals surface area contributed by atoms with Crippen LogP contribution in [-0.4, -0.2) is 25.6 Å². The predicted octanol–water partition coefficient (Wildman–Crippen LogP) is 3.67. The molecule has 0 spiro atoms. The van der Waals surface area contributed by atoms with Gasteiger partial charge in [0.1, 0.15) is 0 Å². The van der Waals surface area contributed by atoms with E-state index in [-0.39, 0.29) is 29.4 Å². The summed E-state index contributed by atoms with van der Waals surface area (Å²) in [6, 6.07) is 8.91. The van der Waals surface area contributed by atoms with Crippen LogP contribution in [0.5, 0.6) is 0 Å². The number of nitrogens with zero attached hydrogens (tertiary/aromatic N) is 1. The van der Waals surface area contributed by atoms with E-state index in [0.717, 1.165) is 12.5 Å². The predicted molar refractivity (Wildman–Crippen MR) is 100 cm³/mol. The Bertz CT molecular complexity index is 470. The molecule has 2 N–H and O–H groups in total. The minimum atomic E-state index is 0. The summed E-state index contributed by atoms with van der Waals surface area (Å²) in [5.41, 5.74) is 1.68. The van der Waals surface area contributed by atoms with Crippen LogP contribution in [0.3, 0.4) is 0 Å². The third-order valence-corrected chi connectivity index (χ3v) is 4.23. The molecule has 0 aromatic heterocycles. The van der Waals surface area contributed by atoms with E-state index in [1.807, 2.05) is 7.05 Å². The monoisotopic (exact) mass is 451 g/mol. The van der Waals surface area contributed by atoms with Crippen LogP contribution >= 0.6 is 39.9 Å². The molecule has 1 aliphatic rings. The fourth-order valence-electron chi connectivity index (χ4n) is 2.30. The Hall–Kier alpha value is -0.300. The summed E-state index contributed by atoms with van der Waals surface area (Å²) in [4.78, 5) is 4.26. The maximum atomic E-state index is 4.26. The first-order valence-electron chi connectivity index (χ1n) is 6.79. The molecule has 0 bridgehead atoms. The van der Waals surface area contributed by atoms with Crippen molar-refractivity contribution in [2.24, 2.45) is 4.99 Å². The van der Waals surface area contributed by atoms with E-state index >= 15 is 0 Å². The van der Waals surface area contributed by atoms with Gasteiger partial charge in [0.2, 0.25) is 0 Å². The van der Waals surface area contributed by atoms with Crippen molar-refractivity contribution in [2.75, 3.05) is 13.6 Å². The normalized spacial score (nSPS) is 16.6. The number of nitrogens with one attached hydrogen (secondary N) is 2. The lowest BCUT2D eigenvalue weighted by molar-refractivity contribution is 0.628. The topological polar surface area (TPSA) is 36.4 Å². The van der Waals surface area contributed by atoms with E-state index in [4.69, 9.17) is 0 Å². The van der Waals surface area contributed by atoms with Gasteiger partial charge >= 0.3 is 0 Å². The van der Waals surface area contributed by atoms with Crippen LogP contribution in [0.4, 0.5) is 0 Å². The second kappa shape index (κ2) is 7.64. The van der Waals surface area contributed by atoms with Gasteiger partial charge < -0.3 is 10.6 Å². The Balaban J connectivity index is 0.00000200. The van der Waals surface area contributed by atoms with Gasteiger partial charge in [0, 0.05) is 29.5 Å². The summed E-state index contributed by atoms with van der Waals surface area (Å²) in [5.74, 6) is 0.883. The van der Waals surface area contributed by atoms with E-state index in [9.17, 15) is 0 Å². The van der Waals surface area contributed by atoms with Crippen LogP contribution in [0.15, 0.2) is 33.7 Å². The highest BCUT2D eigenvalue weighted by atomic mass is 127. The van der Waals surface area contributed by atoms with E-state index < -0.39 is 0 Å². The largest absolute Gasteiger partial charge is 0.356 e. The smallest absolute Gasteiger partial charge is 0.191 e. The molecule has 0 amide bonds. The second-order valence-electron chi connectivity index (χ2n) is 5.48. The van der Waals surface area contributed by atoms with Crippen LogP contribution in [0.25, 0.3) is 0 Å². The summed E-state index contributed by atoms with van der Waals surface area (Å²) < 4.78 is 1.21. The van der Waals surface area contributed by atoms with Crippen LogP contribution in [-0.2, 0) is 5.41 Å². The van der Waals surface area contributed by atoms with Gasteiger partial charge in [0.25, 0.3) is 0 Å². The minimum absolute atomic E-state index is 0. The van der Waals surface area contributed by atoms with Crippen LogP contribution in [0.2, 0.25) is 0 Å². The summed E-state index contributed by atoms with van der Waals surface area (Å²) >= 11 is 3.66. The van der Waals surface area contributed by atoms with E-state index in [1.165, 1.54) is 22.9 Å². The number of benzene rings is 1. The van der Waals surface area contributed by atoms with Crippen LogP contribution in [0.1, 0.15) is 32.3 Å². The highest BCUT2D eigenvalue weighted by molar-refractivity contribution is 14.0. The Morgan fingerprint density at radius 1 is 1.35 bits per heavy atom. The molecule has 1 fully saturated rings. The maximum Gasteiger partial charge on any atom is 0.191 e. The zero-order valence-electron chi connectivity index (χ0n) is 12.2. The Kier molecular flexibility index (Phi) is 6.78. The number of hydrogen-bond donors (Lipinski definition) is 2. The molecule has 20 heavy (non-hydrogen) atoms. The molecule has 5 heteroatoms. The molecule has 1 aromatic carbocycles. The van der Waals surface area contributed by atoms with Crippen molar-refractivity contribution in [3.8, 4) is 0 Å². The van der Waals surface area contributed by atoms with Crippen molar-refractivity contribution in [1.29, 1.82) is 0 Å². The zero-order valence-corrected chi connectivity index (χ0v) is 16.2. The van der Waals surface area contributed by atoms with E-state index in [0.29, 0.717) is 6.04 Å². The fraction of sp³-hybridized carbons (Fsp3) is 0.533. The van der Waals surface area contributed by atoms with Crippen molar-refractivity contribution >= 4 is 45.9 Å². The summed E-state index contributed by atoms with van der Waals surface area (Å²) in [6.45, 7) is 5.17. The molecular formula is C15H23BrIN3. The summed E-state index contributed by atoms with van der Waals surface area (Å²) in [6.07, 6.45) is 2.47. The molecule has 1 aromatic rings. The summed E-state index contributed by atoms with van der Waals surface area (Å²) in [7, 11) is 1.82. The lowest BCUT2D eigenvalue weighted by Crippen LogP contribution is -2.44. The quantitative estimate of drug-likeness (QED) is 0.416. The number of hydrogen-bond acceptors (Lipinski definition) is 1. The van der Waals surface area contributed by atoms with E-state index in [2.05, 4.69) is 69.7 Å². The van der Waals surface area contributed by atoms with Crippen LogP contribution in [0, 0.1) is 0 Å². The summed E-state index contributed by atoms with van der Waals surface area (Å²) in [5, 5.41) is 6.77. The highest BCUT2D eigenvalue weighted by Crippen LogP contribution is 2.49. The molecule has 0 unspecified atom stereocenters. The van der Waals surface area contributed by atoms with Crippen molar-refractivity contribution in [2.45, 2.75) is 38.1 Å². The van der Waals surface area contributed by atoms with Gasteiger partial charge in [0.05, 0.1) is 0 Å². The first-order chi connectivity index (χ1) is 9.07. The Morgan fingerprint density at radius 3 is 2.50 bits per heavy atom. The average molecular weight is 452 g/mol. The van der Waals surface area contributed by atoms with Crippen molar-refractivity contribution in [3.63, 3.8) is 0 Å². The molecule has 0 radical (unpaired) electrons. The lowest BCUT2D eigenvalue weighted by atomic mass is 9.96.